The molecule has 236 valence electrons. The van der Waals surface area contributed by atoms with Crippen LogP contribution in [0.4, 0.5) is 17.1 Å². The Bertz CT molecular complexity index is 2450. The van der Waals surface area contributed by atoms with Crippen LogP contribution in [0.15, 0.2) is 206 Å². The van der Waals surface area contributed by atoms with Gasteiger partial charge in [-0.1, -0.05) is 152 Å². The zero-order chi connectivity index (χ0) is 33.3. The van der Waals surface area contributed by atoms with Crippen molar-refractivity contribution >= 4 is 38.9 Å². The summed E-state index contributed by atoms with van der Waals surface area (Å²) in [6.45, 7) is 0. The first-order chi connectivity index (χ1) is 24.8. The molecule has 0 bridgehead atoms. The Morgan fingerprint density at radius 3 is 1.32 bits per heavy atom. The van der Waals surface area contributed by atoms with Gasteiger partial charge in [-0.05, 0) is 88.0 Å². The fourth-order valence-electron chi connectivity index (χ4n) is 7.22. The van der Waals surface area contributed by atoms with Crippen molar-refractivity contribution in [2.45, 2.75) is 0 Å². The van der Waals surface area contributed by atoms with E-state index < -0.39 is 0 Å². The number of fused-ring (bicyclic) bond motifs is 3. The average Bonchev–Trinajstić information content (AvgIpc) is 3.54. The second kappa shape index (κ2) is 12.8. The molecule has 0 fully saturated rings. The minimum absolute atomic E-state index is 1.10. The molecule has 0 N–H and O–H groups in total. The normalized spacial score (nSPS) is 11.2. The van der Waals surface area contributed by atoms with E-state index in [2.05, 4.69) is 216 Å². The van der Waals surface area contributed by atoms with Crippen LogP contribution in [0.3, 0.4) is 0 Å². The lowest BCUT2D eigenvalue weighted by Gasteiger charge is -2.26. The Labute approximate surface area is 292 Å². The van der Waals surface area contributed by atoms with E-state index in [9.17, 15) is 0 Å². The third kappa shape index (κ3) is 5.34. The Hall–Kier alpha value is -6.64. The second-order valence-corrected chi connectivity index (χ2v) is 12.6. The molecule has 8 aromatic carbocycles. The quantitative estimate of drug-likeness (QED) is 0.169. The maximum absolute atomic E-state index is 2.41. The molecule has 50 heavy (non-hydrogen) atoms. The molecule has 0 atom stereocenters. The van der Waals surface area contributed by atoms with Gasteiger partial charge in [0.05, 0.1) is 11.0 Å². The summed E-state index contributed by atoms with van der Waals surface area (Å²) in [4.78, 5) is 2.37. The maximum Gasteiger partial charge on any atom is 0.0562 e. The summed E-state index contributed by atoms with van der Waals surface area (Å²) in [6.07, 6.45) is 0. The average molecular weight is 639 g/mol. The van der Waals surface area contributed by atoms with Crippen LogP contribution >= 0.6 is 0 Å². The van der Waals surface area contributed by atoms with Gasteiger partial charge in [-0.2, -0.15) is 0 Å². The first kappa shape index (κ1) is 29.5. The topological polar surface area (TPSA) is 8.17 Å². The number of aromatic nitrogens is 1. The summed E-state index contributed by atoms with van der Waals surface area (Å²) in [6, 6.07) is 74.0. The molecule has 0 aliphatic heterocycles. The van der Waals surface area contributed by atoms with E-state index in [0.29, 0.717) is 0 Å². The number of rotatable bonds is 7. The van der Waals surface area contributed by atoms with Crippen LogP contribution in [0.5, 0.6) is 0 Å². The van der Waals surface area contributed by atoms with Crippen LogP contribution in [-0.4, -0.2) is 4.57 Å². The molecule has 0 unspecified atom stereocenters. The van der Waals surface area contributed by atoms with Gasteiger partial charge in [-0.25, -0.2) is 0 Å². The first-order valence-corrected chi connectivity index (χ1v) is 17.1. The Morgan fingerprint density at radius 1 is 0.320 bits per heavy atom. The summed E-state index contributed by atoms with van der Waals surface area (Å²) in [5.74, 6) is 0. The molecule has 2 heteroatoms. The van der Waals surface area contributed by atoms with E-state index in [0.717, 1.165) is 22.7 Å². The van der Waals surface area contributed by atoms with Crippen molar-refractivity contribution in [1.82, 2.24) is 4.57 Å². The number of benzene rings is 8. The van der Waals surface area contributed by atoms with Gasteiger partial charge in [-0.15, -0.1) is 0 Å². The molecule has 9 rings (SSSR count). The highest BCUT2D eigenvalue weighted by Crippen LogP contribution is 2.43. The van der Waals surface area contributed by atoms with Gasteiger partial charge in [0.2, 0.25) is 0 Å². The lowest BCUT2D eigenvalue weighted by Crippen LogP contribution is -2.10. The van der Waals surface area contributed by atoms with E-state index in [1.54, 1.807) is 0 Å². The third-order valence-corrected chi connectivity index (χ3v) is 9.60. The van der Waals surface area contributed by atoms with Crippen molar-refractivity contribution in [3.8, 4) is 39.1 Å². The van der Waals surface area contributed by atoms with Crippen LogP contribution in [-0.2, 0) is 0 Å². The van der Waals surface area contributed by atoms with Crippen molar-refractivity contribution in [3.63, 3.8) is 0 Å². The van der Waals surface area contributed by atoms with Gasteiger partial charge < -0.3 is 9.47 Å². The van der Waals surface area contributed by atoms with E-state index in [4.69, 9.17) is 0 Å². The Balaban J connectivity index is 1.25. The van der Waals surface area contributed by atoms with Crippen molar-refractivity contribution < 1.29 is 0 Å². The number of anilines is 3. The lowest BCUT2D eigenvalue weighted by molar-refractivity contribution is 1.18. The fourth-order valence-corrected chi connectivity index (χ4v) is 7.22. The lowest BCUT2D eigenvalue weighted by atomic mass is 9.99. The monoisotopic (exact) mass is 638 g/mol. The molecule has 0 amide bonds. The van der Waals surface area contributed by atoms with Crippen molar-refractivity contribution in [3.05, 3.63) is 206 Å². The zero-order valence-corrected chi connectivity index (χ0v) is 27.5. The van der Waals surface area contributed by atoms with Crippen LogP contribution in [0.1, 0.15) is 0 Å². The van der Waals surface area contributed by atoms with E-state index >= 15 is 0 Å². The Morgan fingerprint density at radius 2 is 0.780 bits per heavy atom. The predicted octanol–water partition coefficient (Wildman–Crippen LogP) is 13.3. The minimum atomic E-state index is 1.10. The van der Waals surface area contributed by atoms with Crippen LogP contribution in [0.2, 0.25) is 0 Å². The molecular weight excluding hydrogens is 605 g/mol. The smallest absolute Gasteiger partial charge is 0.0562 e. The summed E-state index contributed by atoms with van der Waals surface area (Å²) in [5.41, 5.74) is 14.1. The minimum Gasteiger partial charge on any atom is -0.310 e. The molecule has 0 saturated carbocycles. The first-order valence-electron chi connectivity index (χ1n) is 17.1. The molecule has 9 aromatic rings. The highest BCUT2D eigenvalue weighted by Gasteiger charge is 2.20. The summed E-state index contributed by atoms with van der Waals surface area (Å²) in [5, 5.41) is 2.49. The predicted molar refractivity (Wildman–Crippen MR) is 212 cm³/mol. The fraction of sp³-hybridized carbons (Fsp3) is 0. The molecule has 0 spiro atoms. The summed E-state index contributed by atoms with van der Waals surface area (Å²) in [7, 11) is 0. The van der Waals surface area contributed by atoms with Crippen LogP contribution < -0.4 is 4.90 Å². The van der Waals surface area contributed by atoms with Gasteiger partial charge >= 0.3 is 0 Å². The molecule has 2 nitrogen and oxygen atoms in total. The Kier molecular flexibility index (Phi) is 7.53. The standard InChI is InChI=1S/C48H34N2/c1-5-14-35(15-6-1)37-24-28-41(29-25-37)49(42-30-26-38(27-31-42)36-16-7-2-8-17-36)43-32-33-45-47(34-43)50(40-20-11-4-12-21-40)46-23-13-22-44(48(45)46)39-18-9-3-10-19-39/h1-34H. The largest absolute Gasteiger partial charge is 0.310 e. The van der Waals surface area contributed by atoms with Gasteiger partial charge in [0.1, 0.15) is 0 Å². The zero-order valence-electron chi connectivity index (χ0n) is 27.5. The van der Waals surface area contributed by atoms with Gasteiger partial charge in [0.25, 0.3) is 0 Å². The van der Waals surface area contributed by atoms with Crippen molar-refractivity contribution in [2.75, 3.05) is 4.90 Å². The van der Waals surface area contributed by atoms with E-state index in [-0.39, 0.29) is 0 Å². The summed E-state index contributed by atoms with van der Waals surface area (Å²) < 4.78 is 2.41. The molecule has 0 saturated heterocycles. The molecule has 0 aliphatic rings. The molecule has 1 aromatic heterocycles. The SMILES string of the molecule is c1ccc(-c2ccc(N(c3ccc(-c4ccccc4)cc3)c3ccc4c5c(-c6ccccc6)cccc5n(-c5ccccc5)c4c3)cc2)cc1. The number of para-hydroxylation sites is 1. The molecule has 0 radical (unpaired) electrons. The van der Waals surface area contributed by atoms with Crippen LogP contribution in [0, 0.1) is 0 Å². The molecule has 0 aliphatic carbocycles. The molecule has 1 heterocycles. The third-order valence-electron chi connectivity index (χ3n) is 9.60. The van der Waals surface area contributed by atoms with Gasteiger partial charge in [-0.3, -0.25) is 0 Å². The second-order valence-electron chi connectivity index (χ2n) is 12.6. The van der Waals surface area contributed by atoms with Crippen molar-refractivity contribution in [1.29, 1.82) is 0 Å². The highest BCUT2D eigenvalue weighted by molar-refractivity contribution is 6.16. The van der Waals surface area contributed by atoms with Crippen LogP contribution in [0.25, 0.3) is 60.9 Å². The number of hydrogen-bond acceptors (Lipinski definition) is 1. The maximum atomic E-state index is 2.41. The molecular formula is C48H34N2. The van der Waals surface area contributed by atoms with E-state index in [1.165, 1.54) is 55.2 Å². The van der Waals surface area contributed by atoms with Crippen molar-refractivity contribution in [2.24, 2.45) is 0 Å². The van der Waals surface area contributed by atoms with Gasteiger partial charge in [0, 0.05) is 33.5 Å². The number of hydrogen-bond donors (Lipinski definition) is 0. The highest BCUT2D eigenvalue weighted by atomic mass is 15.1. The number of nitrogens with zero attached hydrogens (tertiary/aromatic N) is 2. The van der Waals surface area contributed by atoms with E-state index in [1.807, 2.05) is 0 Å². The van der Waals surface area contributed by atoms with Gasteiger partial charge in [0.15, 0.2) is 0 Å². The summed E-state index contributed by atoms with van der Waals surface area (Å²) >= 11 is 0.